The number of aryl methyl sites for hydroxylation is 1. The highest BCUT2D eigenvalue weighted by Crippen LogP contribution is 2.41. The Morgan fingerprint density at radius 1 is 1.10 bits per heavy atom. The molecule has 0 aliphatic carbocycles. The topological polar surface area (TPSA) is 90.0 Å². The molecule has 4 heterocycles. The number of fused-ring (bicyclic) bond motifs is 2. The highest BCUT2D eigenvalue weighted by atomic mass is 19.2. The number of carbonyl (C=O) groups is 1. The van der Waals surface area contributed by atoms with E-state index in [9.17, 15) is 18.0 Å². The van der Waals surface area contributed by atoms with Gasteiger partial charge in [-0.3, -0.25) is 4.79 Å². The van der Waals surface area contributed by atoms with E-state index in [-0.39, 0.29) is 12.0 Å². The summed E-state index contributed by atoms with van der Waals surface area (Å²) >= 11 is 0. The predicted octanol–water partition coefficient (Wildman–Crippen LogP) is 2.51. The van der Waals surface area contributed by atoms with Gasteiger partial charge in [-0.2, -0.15) is 14.3 Å². The zero-order chi connectivity index (χ0) is 20.3. The summed E-state index contributed by atoms with van der Waals surface area (Å²) in [6.07, 6.45) is 1.29. The fourth-order valence-corrected chi connectivity index (χ4v) is 3.62. The van der Waals surface area contributed by atoms with Gasteiger partial charge >= 0.3 is 0 Å². The molecule has 0 radical (unpaired) electrons. The minimum absolute atomic E-state index is 0.107. The number of hydrogen-bond donors (Lipinski definition) is 1. The van der Waals surface area contributed by atoms with Crippen molar-refractivity contribution in [2.24, 2.45) is 0 Å². The van der Waals surface area contributed by atoms with Crippen molar-refractivity contribution in [2.75, 3.05) is 5.32 Å². The Morgan fingerprint density at radius 2 is 1.93 bits per heavy atom. The van der Waals surface area contributed by atoms with Crippen LogP contribution in [0.2, 0.25) is 0 Å². The van der Waals surface area contributed by atoms with E-state index < -0.39 is 29.3 Å². The quantitative estimate of drug-likeness (QED) is 0.523. The van der Waals surface area contributed by atoms with Crippen LogP contribution in [0.1, 0.15) is 29.2 Å². The molecule has 29 heavy (non-hydrogen) atoms. The molecule has 1 N–H and O–H groups in total. The molecule has 0 fully saturated rings. The Labute approximate surface area is 161 Å². The van der Waals surface area contributed by atoms with Crippen LogP contribution >= 0.6 is 0 Å². The van der Waals surface area contributed by atoms with Crippen LogP contribution in [-0.4, -0.2) is 35.5 Å². The summed E-state index contributed by atoms with van der Waals surface area (Å²) in [5, 5.41) is 19.1. The monoisotopic (exact) mass is 399 g/mol. The molecule has 5 rings (SSSR count). The molecule has 1 unspecified atom stereocenters. The van der Waals surface area contributed by atoms with Gasteiger partial charge in [-0.05, 0) is 30.7 Å². The number of hydrogen-bond acceptors (Lipinski definition) is 5. The van der Waals surface area contributed by atoms with Gasteiger partial charge in [0.25, 0.3) is 0 Å². The molecule has 1 atom stereocenters. The highest BCUT2D eigenvalue weighted by molar-refractivity contribution is 5.95. The Bertz CT molecular complexity index is 1300. The summed E-state index contributed by atoms with van der Waals surface area (Å²) < 4.78 is 44.5. The van der Waals surface area contributed by atoms with Crippen LogP contribution in [0.3, 0.4) is 0 Å². The molecule has 1 aromatic carbocycles. The standard InChI is InChI=1S/C18H12F3N7O/c1-8-15-10(9-2-3-11(19)17(21)16(9)20)6-14(29)23-18(15)28(25-8)13-5-4-12-24-22-7-27(12)26-13/h2-5,7,10H,6H2,1H3,(H,23,29). The lowest BCUT2D eigenvalue weighted by molar-refractivity contribution is -0.116. The van der Waals surface area contributed by atoms with Crippen molar-refractivity contribution >= 4 is 17.4 Å². The molecule has 0 saturated heterocycles. The van der Waals surface area contributed by atoms with Crippen molar-refractivity contribution in [3.05, 3.63) is 64.9 Å². The second-order valence-corrected chi connectivity index (χ2v) is 6.65. The predicted molar refractivity (Wildman–Crippen MR) is 94.0 cm³/mol. The number of aromatic nitrogens is 6. The van der Waals surface area contributed by atoms with Crippen molar-refractivity contribution in [1.82, 2.24) is 29.6 Å². The maximum atomic E-state index is 14.5. The van der Waals surface area contributed by atoms with E-state index in [1.54, 1.807) is 19.1 Å². The van der Waals surface area contributed by atoms with Crippen molar-refractivity contribution in [3.63, 3.8) is 0 Å². The van der Waals surface area contributed by atoms with E-state index in [2.05, 4.69) is 25.7 Å². The second-order valence-electron chi connectivity index (χ2n) is 6.65. The maximum absolute atomic E-state index is 14.5. The number of nitrogens with zero attached hydrogens (tertiary/aromatic N) is 6. The molecule has 146 valence electrons. The Balaban J connectivity index is 1.70. The minimum atomic E-state index is -1.57. The molecule has 0 saturated carbocycles. The molecule has 0 bridgehead atoms. The summed E-state index contributed by atoms with van der Waals surface area (Å²) in [4.78, 5) is 12.3. The van der Waals surface area contributed by atoms with Crippen LogP contribution in [0.25, 0.3) is 11.5 Å². The Morgan fingerprint density at radius 3 is 2.76 bits per heavy atom. The molecular formula is C18H12F3N7O. The fourth-order valence-electron chi connectivity index (χ4n) is 3.62. The normalized spacial score (nSPS) is 16.1. The minimum Gasteiger partial charge on any atom is -0.310 e. The van der Waals surface area contributed by atoms with Crippen molar-refractivity contribution in [3.8, 4) is 5.82 Å². The van der Waals surface area contributed by atoms with Crippen molar-refractivity contribution in [2.45, 2.75) is 19.3 Å². The van der Waals surface area contributed by atoms with E-state index in [4.69, 9.17) is 0 Å². The summed E-state index contributed by atoms with van der Waals surface area (Å²) in [6.45, 7) is 1.69. The van der Waals surface area contributed by atoms with Crippen LogP contribution in [0.5, 0.6) is 0 Å². The van der Waals surface area contributed by atoms with Crippen molar-refractivity contribution < 1.29 is 18.0 Å². The van der Waals surface area contributed by atoms with Crippen LogP contribution in [0, 0.1) is 24.4 Å². The first kappa shape index (κ1) is 17.3. The Kier molecular flexibility index (Phi) is 3.66. The number of rotatable bonds is 2. The largest absolute Gasteiger partial charge is 0.310 e. The number of carbonyl (C=O) groups excluding carboxylic acids is 1. The van der Waals surface area contributed by atoms with E-state index in [0.717, 1.165) is 12.1 Å². The third-order valence-electron chi connectivity index (χ3n) is 4.91. The third kappa shape index (κ3) is 2.57. The summed E-state index contributed by atoms with van der Waals surface area (Å²) in [6, 6.07) is 5.32. The molecule has 3 aromatic heterocycles. The van der Waals surface area contributed by atoms with Gasteiger partial charge < -0.3 is 5.32 Å². The fraction of sp³-hybridized carbons (Fsp3) is 0.167. The SMILES string of the molecule is Cc1nn(-c2ccc3nncn3n2)c2c1C(c1ccc(F)c(F)c1F)CC(=O)N2. The van der Waals surface area contributed by atoms with E-state index in [1.165, 1.54) is 15.5 Å². The van der Waals surface area contributed by atoms with Gasteiger partial charge in [0.2, 0.25) is 5.91 Å². The van der Waals surface area contributed by atoms with E-state index in [0.29, 0.717) is 28.5 Å². The van der Waals surface area contributed by atoms with Gasteiger partial charge in [-0.1, -0.05) is 6.07 Å². The van der Waals surface area contributed by atoms with Crippen molar-refractivity contribution in [1.29, 1.82) is 0 Å². The van der Waals surface area contributed by atoms with Gasteiger partial charge in [0.1, 0.15) is 12.1 Å². The Hall–Kier alpha value is -3.76. The van der Waals surface area contributed by atoms with E-state index in [1.807, 2.05) is 0 Å². The lowest BCUT2D eigenvalue weighted by Crippen LogP contribution is -2.26. The highest BCUT2D eigenvalue weighted by Gasteiger charge is 2.35. The van der Waals surface area contributed by atoms with Gasteiger partial charge in [-0.25, -0.2) is 13.2 Å². The van der Waals surface area contributed by atoms with E-state index >= 15 is 0 Å². The summed E-state index contributed by atoms with van der Waals surface area (Å²) in [5.41, 5.74) is 1.43. The molecule has 8 nitrogen and oxygen atoms in total. The van der Waals surface area contributed by atoms with Gasteiger partial charge in [0, 0.05) is 17.9 Å². The average molecular weight is 399 g/mol. The number of benzene rings is 1. The summed E-state index contributed by atoms with van der Waals surface area (Å²) in [7, 11) is 0. The number of halogens is 3. The first-order chi connectivity index (χ1) is 13.9. The molecular weight excluding hydrogens is 387 g/mol. The lowest BCUT2D eigenvalue weighted by Gasteiger charge is -2.24. The van der Waals surface area contributed by atoms with Gasteiger partial charge in [0.15, 0.2) is 28.9 Å². The zero-order valence-electron chi connectivity index (χ0n) is 14.9. The molecule has 11 heteroatoms. The maximum Gasteiger partial charge on any atom is 0.226 e. The first-order valence-corrected chi connectivity index (χ1v) is 8.64. The second kappa shape index (κ2) is 6.12. The number of amides is 1. The molecule has 1 amide bonds. The molecule has 1 aliphatic heterocycles. The molecule has 4 aromatic rings. The lowest BCUT2D eigenvalue weighted by atomic mass is 9.85. The average Bonchev–Trinajstić information content (AvgIpc) is 3.29. The molecule has 1 aliphatic rings. The number of nitrogens with one attached hydrogen (secondary N) is 1. The third-order valence-corrected chi connectivity index (χ3v) is 4.91. The van der Waals surface area contributed by atoms with Crippen LogP contribution < -0.4 is 5.32 Å². The molecule has 0 spiro atoms. The van der Waals surface area contributed by atoms with Gasteiger partial charge in [0.05, 0.1) is 5.69 Å². The van der Waals surface area contributed by atoms with Crippen LogP contribution in [0.15, 0.2) is 30.6 Å². The summed E-state index contributed by atoms with van der Waals surface area (Å²) in [5.74, 6) is -4.72. The van der Waals surface area contributed by atoms with Gasteiger partial charge in [-0.15, -0.1) is 15.3 Å². The zero-order valence-corrected chi connectivity index (χ0v) is 14.9. The first-order valence-electron chi connectivity index (χ1n) is 8.64. The van der Waals surface area contributed by atoms with Crippen LogP contribution in [-0.2, 0) is 4.79 Å². The smallest absolute Gasteiger partial charge is 0.226 e. The number of anilines is 1. The van der Waals surface area contributed by atoms with Crippen LogP contribution in [0.4, 0.5) is 19.0 Å².